The summed E-state index contributed by atoms with van der Waals surface area (Å²) in [5.74, 6) is 1.95. The molecule has 32 heavy (non-hydrogen) atoms. The number of piperidine rings is 1. The number of rotatable bonds is 10. The number of ether oxygens (including phenoxy) is 3. The molecule has 1 fully saturated rings. The van der Waals surface area contributed by atoms with Gasteiger partial charge < -0.3 is 24.4 Å². The molecule has 0 saturated carbocycles. The van der Waals surface area contributed by atoms with Crippen LogP contribution in [0.25, 0.3) is 0 Å². The zero-order valence-electron chi connectivity index (χ0n) is 18.8. The van der Waals surface area contributed by atoms with Crippen molar-refractivity contribution in [2.45, 2.75) is 38.6 Å². The highest BCUT2D eigenvalue weighted by molar-refractivity contribution is 5.78. The lowest BCUT2D eigenvalue weighted by molar-refractivity contribution is -0.134. The fourth-order valence-corrected chi connectivity index (χ4v) is 3.60. The van der Waals surface area contributed by atoms with Crippen LogP contribution >= 0.6 is 0 Å². The molecule has 0 atom stereocenters. The van der Waals surface area contributed by atoms with Crippen LogP contribution in [-0.2, 0) is 9.59 Å². The third kappa shape index (κ3) is 7.18. The van der Waals surface area contributed by atoms with Crippen LogP contribution < -0.4 is 19.5 Å². The molecule has 2 amide bonds. The van der Waals surface area contributed by atoms with Gasteiger partial charge in [0.1, 0.15) is 5.75 Å². The first-order valence-corrected chi connectivity index (χ1v) is 11.1. The summed E-state index contributed by atoms with van der Waals surface area (Å²) in [6, 6.07) is 15.2. The van der Waals surface area contributed by atoms with Gasteiger partial charge in [-0.15, -0.1) is 0 Å². The van der Waals surface area contributed by atoms with Crippen molar-refractivity contribution in [3.8, 4) is 17.2 Å². The van der Waals surface area contributed by atoms with E-state index in [-0.39, 0.29) is 24.5 Å². The molecule has 1 aliphatic rings. The zero-order valence-corrected chi connectivity index (χ0v) is 18.8. The molecule has 1 saturated heterocycles. The number of carbonyl (C=O) groups excluding carboxylic acids is 2. The molecule has 2 aromatic rings. The number of methoxy groups -OCH3 is 1. The summed E-state index contributed by atoms with van der Waals surface area (Å²) in [6.45, 7) is 3.73. The number of carbonyl (C=O) groups is 2. The van der Waals surface area contributed by atoms with Crippen LogP contribution in [0.5, 0.6) is 17.2 Å². The normalized spacial score (nSPS) is 14.0. The standard InChI is InChI=1S/C25H32N2O5/c1-19-9-11-21(12-10-19)31-17-5-8-24(28)26-20-13-15-27(16-14-20)25(29)18-32-23-7-4-3-6-22(23)30-2/h3-4,6-7,9-12,20H,5,8,13-18H2,1-2H3,(H,26,28). The number of benzene rings is 2. The van der Waals surface area contributed by atoms with Gasteiger partial charge in [0.2, 0.25) is 5.91 Å². The van der Waals surface area contributed by atoms with Gasteiger partial charge in [0.05, 0.1) is 13.7 Å². The molecule has 172 valence electrons. The largest absolute Gasteiger partial charge is 0.494 e. The smallest absolute Gasteiger partial charge is 0.260 e. The van der Waals surface area contributed by atoms with Crippen LogP contribution in [0, 0.1) is 6.92 Å². The highest BCUT2D eigenvalue weighted by Crippen LogP contribution is 2.25. The number of hydrogen-bond acceptors (Lipinski definition) is 5. The Morgan fingerprint density at radius 3 is 2.38 bits per heavy atom. The number of hydrogen-bond donors (Lipinski definition) is 1. The maximum atomic E-state index is 12.5. The summed E-state index contributed by atoms with van der Waals surface area (Å²) in [4.78, 5) is 26.5. The van der Waals surface area contributed by atoms with Crippen LogP contribution in [0.4, 0.5) is 0 Å². The Bertz CT molecular complexity index is 876. The first-order valence-electron chi connectivity index (χ1n) is 11.1. The number of para-hydroxylation sites is 2. The van der Waals surface area contributed by atoms with E-state index in [1.807, 2.05) is 43.3 Å². The van der Waals surface area contributed by atoms with Crippen molar-refractivity contribution in [1.82, 2.24) is 10.2 Å². The fourth-order valence-electron chi connectivity index (χ4n) is 3.60. The molecule has 7 heteroatoms. The fraction of sp³-hybridized carbons (Fsp3) is 0.440. The van der Waals surface area contributed by atoms with Gasteiger partial charge in [0, 0.05) is 25.6 Å². The van der Waals surface area contributed by atoms with E-state index in [2.05, 4.69) is 5.32 Å². The molecular weight excluding hydrogens is 408 g/mol. The molecule has 0 aliphatic carbocycles. The second-order valence-corrected chi connectivity index (χ2v) is 7.93. The van der Waals surface area contributed by atoms with Crippen LogP contribution in [0.3, 0.4) is 0 Å². The van der Waals surface area contributed by atoms with Crippen molar-refractivity contribution in [3.63, 3.8) is 0 Å². The van der Waals surface area contributed by atoms with Gasteiger partial charge in [-0.1, -0.05) is 29.8 Å². The minimum absolute atomic E-state index is 0.0294. The second kappa shape index (κ2) is 12.0. The summed E-state index contributed by atoms with van der Waals surface area (Å²) in [5.41, 5.74) is 1.19. The van der Waals surface area contributed by atoms with Gasteiger partial charge in [0.25, 0.3) is 5.91 Å². The third-order valence-corrected chi connectivity index (χ3v) is 5.47. The first kappa shape index (κ1) is 23.4. The molecule has 7 nitrogen and oxygen atoms in total. The molecule has 0 spiro atoms. The van der Waals surface area contributed by atoms with Crippen LogP contribution in [0.2, 0.25) is 0 Å². The maximum Gasteiger partial charge on any atom is 0.260 e. The topological polar surface area (TPSA) is 77.1 Å². The first-order chi connectivity index (χ1) is 15.5. The van der Waals surface area contributed by atoms with E-state index < -0.39 is 0 Å². The minimum Gasteiger partial charge on any atom is -0.494 e. The number of nitrogens with one attached hydrogen (secondary N) is 1. The van der Waals surface area contributed by atoms with Gasteiger partial charge in [0.15, 0.2) is 18.1 Å². The van der Waals surface area contributed by atoms with Crippen LogP contribution in [0.15, 0.2) is 48.5 Å². The molecule has 0 unspecified atom stereocenters. The van der Waals surface area contributed by atoms with Gasteiger partial charge >= 0.3 is 0 Å². The minimum atomic E-state index is -0.0612. The lowest BCUT2D eigenvalue weighted by atomic mass is 10.0. The lowest BCUT2D eigenvalue weighted by Crippen LogP contribution is -2.47. The molecule has 1 aliphatic heterocycles. The van der Waals surface area contributed by atoms with Crippen molar-refractivity contribution in [2.75, 3.05) is 33.4 Å². The molecule has 3 rings (SSSR count). The number of aryl methyl sites for hydroxylation is 1. The predicted molar refractivity (Wildman–Crippen MR) is 122 cm³/mol. The Hall–Kier alpha value is -3.22. The summed E-state index contributed by atoms with van der Waals surface area (Å²) < 4.78 is 16.5. The predicted octanol–water partition coefficient (Wildman–Crippen LogP) is 3.35. The SMILES string of the molecule is COc1ccccc1OCC(=O)N1CCC(NC(=O)CCCOc2ccc(C)cc2)CC1. The summed E-state index contributed by atoms with van der Waals surface area (Å²) >= 11 is 0. The number of amides is 2. The van der Waals surface area contributed by atoms with Gasteiger partial charge in [-0.2, -0.15) is 0 Å². The molecule has 1 N–H and O–H groups in total. The molecule has 0 aromatic heterocycles. The van der Waals surface area contributed by atoms with E-state index in [4.69, 9.17) is 14.2 Å². The van der Waals surface area contributed by atoms with Crippen molar-refractivity contribution in [1.29, 1.82) is 0 Å². The maximum absolute atomic E-state index is 12.5. The Labute approximate surface area is 189 Å². The Morgan fingerprint density at radius 1 is 1.00 bits per heavy atom. The Kier molecular flexibility index (Phi) is 8.78. The van der Waals surface area contributed by atoms with Crippen molar-refractivity contribution >= 4 is 11.8 Å². The van der Waals surface area contributed by atoms with E-state index >= 15 is 0 Å². The number of likely N-dealkylation sites (tertiary alicyclic amines) is 1. The Balaban J connectivity index is 1.30. The zero-order chi connectivity index (χ0) is 22.8. The van der Waals surface area contributed by atoms with E-state index in [0.29, 0.717) is 44.0 Å². The van der Waals surface area contributed by atoms with Gasteiger partial charge in [-0.3, -0.25) is 9.59 Å². The molecule has 1 heterocycles. The number of nitrogens with zero attached hydrogens (tertiary/aromatic N) is 1. The van der Waals surface area contributed by atoms with Crippen molar-refractivity contribution in [2.24, 2.45) is 0 Å². The Morgan fingerprint density at radius 2 is 1.69 bits per heavy atom. The monoisotopic (exact) mass is 440 g/mol. The lowest BCUT2D eigenvalue weighted by Gasteiger charge is -2.32. The average Bonchev–Trinajstić information content (AvgIpc) is 2.82. The summed E-state index contributed by atoms with van der Waals surface area (Å²) in [7, 11) is 1.57. The van der Waals surface area contributed by atoms with Crippen molar-refractivity contribution in [3.05, 3.63) is 54.1 Å². The van der Waals surface area contributed by atoms with Crippen molar-refractivity contribution < 1.29 is 23.8 Å². The van der Waals surface area contributed by atoms with Crippen LogP contribution in [0.1, 0.15) is 31.2 Å². The van der Waals surface area contributed by atoms with Gasteiger partial charge in [-0.05, 0) is 50.5 Å². The van der Waals surface area contributed by atoms with Crippen LogP contribution in [-0.4, -0.2) is 56.2 Å². The highest BCUT2D eigenvalue weighted by Gasteiger charge is 2.24. The molecule has 0 bridgehead atoms. The molecule has 2 aromatic carbocycles. The second-order valence-electron chi connectivity index (χ2n) is 7.93. The summed E-state index contributed by atoms with van der Waals surface area (Å²) in [5, 5.41) is 3.08. The molecular formula is C25H32N2O5. The van der Waals surface area contributed by atoms with Gasteiger partial charge in [-0.25, -0.2) is 0 Å². The van der Waals surface area contributed by atoms with E-state index in [0.717, 1.165) is 18.6 Å². The van der Waals surface area contributed by atoms with E-state index in [1.54, 1.807) is 24.1 Å². The quantitative estimate of drug-likeness (QED) is 0.574. The third-order valence-electron chi connectivity index (χ3n) is 5.47. The highest BCUT2D eigenvalue weighted by atomic mass is 16.5. The van der Waals surface area contributed by atoms with E-state index in [1.165, 1.54) is 5.56 Å². The molecule has 0 radical (unpaired) electrons. The van der Waals surface area contributed by atoms with E-state index in [9.17, 15) is 9.59 Å². The average molecular weight is 441 g/mol. The summed E-state index contributed by atoms with van der Waals surface area (Å²) in [6.07, 6.45) is 2.58.